The van der Waals surface area contributed by atoms with E-state index in [-0.39, 0.29) is 6.61 Å². The molecule has 0 radical (unpaired) electrons. The summed E-state index contributed by atoms with van der Waals surface area (Å²) in [6.45, 7) is 6.05. The van der Waals surface area contributed by atoms with Crippen molar-refractivity contribution in [2.45, 2.75) is 27.4 Å². The fraction of sp³-hybridized carbons (Fsp3) is 0.267. The van der Waals surface area contributed by atoms with Crippen LogP contribution in [0.25, 0.3) is 0 Å². The number of ether oxygens (including phenoxy) is 1. The van der Waals surface area contributed by atoms with Gasteiger partial charge in [0, 0.05) is 12.3 Å². The number of hydrogen-bond donors (Lipinski definition) is 1. The lowest BCUT2D eigenvalue weighted by Gasteiger charge is -2.13. The van der Waals surface area contributed by atoms with Crippen molar-refractivity contribution in [2.24, 2.45) is 0 Å². The van der Waals surface area contributed by atoms with Gasteiger partial charge in [-0.2, -0.15) is 0 Å². The maximum Gasteiger partial charge on any atom is 0.133 e. The molecule has 1 heterocycles. The van der Waals surface area contributed by atoms with Gasteiger partial charge in [-0.3, -0.25) is 4.98 Å². The highest BCUT2D eigenvalue weighted by molar-refractivity contribution is 5.46. The van der Waals surface area contributed by atoms with Crippen molar-refractivity contribution in [2.75, 3.05) is 0 Å². The minimum absolute atomic E-state index is 0.0804. The van der Waals surface area contributed by atoms with Gasteiger partial charge in [-0.1, -0.05) is 12.1 Å². The SMILES string of the molecule is Cc1ccc(C)c(Oc2ccnc(CO)c2)c1C. The van der Waals surface area contributed by atoms with E-state index in [0.717, 1.165) is 16.9 Å². The van der Waals surface area contributed by atoms with Crippen molar-refractivity contribution in [1.29, 1.82) is 0 Å². The molecule has 18 heavy (non-hydrogen) atoms. The molecule has 94 valence electrons. The molecule has 0 aliphatic rings. The monoisotopic (exact) mass is 243 g/mol. The van der Waals surface area contributed by atoms with Crippen LogP contribution in [0.4, 0.5) is 0 Å². The Morgan fingerprint density at radius 3 is 2.56 bits per heavy atom. The highest BCUT2D eigenvalue weighted by atomic mass is 16.5. The molecule has 2 rings (SSSR count). The topological polar surface area (TPSA) is 42.4 Å². The second-order valence-electron chi connectivity index (χ2n) is 4.40. The van der Waals surface area contributed by atoms with Gasteiger partial charge < -0.3 is 9.84 Å². The molecule has 0 spiro atoms. The predicted octanol–water partition coefficient (Wildman–Crippen LogP) is 3.29. The first-order valence-electron chi connectivity index (χ1n) is 5.92. The summed E-state index contributed by atoms with van der Waals surface area (Å²) < 4.78 is 5.91. The van der Waals surface area contributed by atoms with Crippen LogP contribution < -0.4 is 4.74 Å². The molecule has 3 heteroatoms. The Hall–Kier alpha value is -1.87. The molecule has 0 saturated heterocycles. The van der Waals surface area contributed by atoms with Crippen molar-refractivity contribution < 1.29 is 9.84 Å². The van der Waals surface area contributed by atoms with E-state index in [4.69, 9.17) is 9.84 Å². The van der Waals surface area contributed by atoms with Crippen molar-refractivity contribution in [3.05, 3.63) is 52.8 Å². The lowest BCUT2D eigenvalue weighted by Crippen LogP contribution is -1.95. The molecule has 0 aliphatic carbocycles. The number of aliphatic hydroxyl groups is 1. The smallest absolute Gasteiger partial charge is 0.133 e. The van der Waals surface area contributed by atoms with Crippen molar-refractivity contribution in [3.63, 3.8) is 0 Å². The number of rotatable bonds is 3. The van der Waals surface area contributed by atoms with Gasteiger partial charge in [0.2, 0.25) is 0 Å². The zero-order valence-corrected chi connectivity index (χ0v) is 10.9. The van der Waals surface area contributed by atoms with E-state index < -0.39 is 0 Å². The van der Waals surface area contributed by atoms with E-state index in [1.54, 1.807) is 18.3 Å². The van der Waals surface area contributed by atoms with Crippen LogP contribution in [0.2, 0.25) is 0 Å². The molecule has 0 aliphatic heterocycles. The first kappa shape index (κ1) is 12.6. The lowest BCUT2D eigenvalue weighted by atomic mass is 10.1. The molecule has 0 unspecified atom stereocenters. The summed E-state index contributed by atoms with van der Waals surface area (Å²) in [4.78, 5) is 4.03. The van der Waals surface area contributed by atoms with Crippen LogP contribution in [-0.2, 0) is 6.61 Å². The van der Waals surface area contributed by atoms with Crippen molar-refractivity contribution >= 4 is 0 Å². The second kappa shape index (κ2) is 5.19. The number of benzene rings is 1. The van der Waals surface area contributed by atoms with Gasteiger partial charge in [0.15, 0.2) is 0 Å². The fourth-order valence-electron chi connectivity index (χ4n) is 1.81. The molecule has 1 aromatic heterocycles. The number of nitrogens with zero attached hydrogens (tertiary/aromatic N) is 1. The average molecular weight is 243 g/mol. The van der Waals surface area contributed by atoms with E-state index in [9.17, 15) is 0 Å². The average Bonchev–Trinajstić information content (AvgIpc) is 2.39. The van der Waals surface area contributed by atoms with Crippen molar-refractivity contribution in [3.8, 4) is 11.5 Å². The van der Waals surface area contributed by atoms with Gasteiger partial charge in [-0.25, -0.2) is 0 Å². The molecule has 0 atom stereocenters. The number of pyridine rings is 1. The minimum atomic E-state index is -0.0804. The predicted molar refractivity (Wildman–Crippen MR) is 70.9 cm³/mol. The van der Waals surface area contributed by atoms with Crippen LogP contribution in [0, 0.1) is 20.8 Å². The quantitative estimate of drug-likeness (QED) is 0.899. The second-order valence-corrected chi connectivity index (χ2v) is 4.40. The maximum atomic E-state index is 9.06. The number of hydrogen-bond acceptors (Lipinski definition) is 3. The van der Waals surface area contributed by atoms with E-state index in [1.807, 2.05) is 19.9 Å². The van der Waals surface area contributed by atoms with E-state index >= 15 is 0 Å². The zero-order chi connectivity index (χ0) is 13.1. The summed E-state index contributed by atoms with van der Waals surface area (Å²) in [7, 11) is 0. The van der Waals surface area contributed by atoms with Crippen LogP contribution in [0.1, 0.15) is 22.4 Å². The number of aromatic nitrogens is 1. The fourth-order valence-corrected chi connectivity index (χ4v) is 1.81. The van der Waals surface area contributed by atoms with Crippen LogP contribution in [0.15, 0.2) is 30.5 Å². The van der Waals surface area contributed by atoms with Gasteiger partial charge in [0.05, 0.1) is 12.3 Å². The summed E-state index contributed by atoms with van der Waals surface area (Å²) in [5.41, 5.74) is 4.04. The third kappa shape index (κ3) is 2.51. The van der Waals surface area contributed by atoms with Gasteiger partial charge in [-0.15, -0.1) is 0 Å². The summed E-state index contributed by atoms with van der Waals surface area (Å²) >= 11 is 0. The number of aliphatic hydroxyl groups excluding tert-OH is 1. The molecule has 1 aromatic carbocycles. The Bertz CT molecular complexity index is 564. The molecule has 2 aromatic rings. The minimum Gasteiger partial charge on any atom is -0.457 e. The molecular weight excluding hydrogens is 226 g/mol. The first-order valence-corrected chi connectivity index (χ1v) is 5.92. The maximum absolute atomic E-state index is 9.06. The highest BCUT2D eigenvalue weighted by Gasteiger charge is 2.08. The van der Waals surface area contributed by atoms with Crippen LogP contribution in [0.3, 0.4) is 0 Å². The van der Waals surface area contributed by atoms with Crippen LogP contribution in [0.5, 0.6) is 11.5 Å². The highest BCUT2D eigenvalue weighted by Crippen LogP contribution is 2.30. The van der Waals surface area contributed by atoms with E-state index in [0.29, 0.717) is 11.4 Å². The Morgan fingerprint density at radius 2 is 1.83 bits per heavy atom. The largest absolute Gasteiger partial charge is 0.457 e. The Kier molecular flexibility index (Phi) is 3.63. The Labute approximate surface area is 107 Å². The van der Waals surface area contributed by atoms with Crippen molar-refractivity contribution in [1.82, 2.24) is 4.98 Å². The summed E-state index contributed by atoms with van der Waals surface area (Å²) in [6, 6.07) is 7.68. The zero-order valence-electron chi connectivity index (χ0n) is 10.9. The molecule has 3 nitrogen and oxygen atoms in total. The molecule has 0 amide bonds. The molecule has 0 saturated carbocycles. The third-order valence-corrected chi connectivity index (χ3v) is 3.04. The Morgan fingerprint density at radius 1 is 1.11 bits per heavy atom. The molecule has 1 N–H and O–H groups in total. The summed E-state index contributed by atoms with van der Waals surface area (Å²) in [5, 5.41) is 9.06. The van der Waals surface area contributed by atoms with Gasteiger partial charge in [0.1, 0.15) is 11.5 Å². The Balaban J connectivity index is 2.36. The molecule has 0 fully saturated rings. The normalized spacial score (nSPS) is 10.4. The third-order valence-electron chi connectivity index (χ3n) is 3.04. The first-order chi connectivity index (χ1) is 8.61. The number of aryl methyl sites for hydroxylation is 2. The van der Waals surface area contributed by atoms with Gasteiger partial charge in [0.25, 0.3) is 0 Å². The standard InChI is InChI=1S/C15H17NO2/c1-10-4-5-11(2)15(12(10)3)18-14-6-7-16-13(8-14)9-17/h4-8,17H,9H2,1-3H3. The van der Waals surface area contributed by atoms with Gasteiger partial charge >= 0.3 is 0 Å². The van der Waals surface area contributed by atoms with Gasteiger partial charge in [-0.05, 0) is 43.5 Å². The molecule has 0 bridgehead atoms. The lowest BCUT2D eigenvalue weighted by molar-refractivity contribution is 0.276. The summed E-state index contributed by atoms with van der Waals surface area (Å²) in [5.74, 6) is 1.58. The van der Waals surface area contributed by atoms with Crippen LogP contribution >= 0.6 is 0 Å². The van der Waals surface area contributed by atoms with E-state index in [2.05, 4.69) is 18.0 Å². The van der Waals surface area contributed by atoms with Crippen LogP contribution in [-0.4, -0.2) is 10.1 Å². The summed E-state index contributed by atoms with van der Waals surface area (Å²) in [6.07, 6.45) is 1.64. The molecular formula is C15H17NO2. The van der Waals surface area contributed by atoms with E-state index in [1.165, 1.54) is 5.56 Å².